The fourth-order valence-electron chi connectivity index (χ4n) is 2.67. The second kappa shape index (κ2) is 8.85. The van der Waals surface area contributed by atoms with Gasteiger partial charge in [-0.2, -0.15) is 18.2 Å². The number of aryl methyl sites for hydroxylation is 1. The number of halogens is 3. The predicted molar refractivity (Wildman–Crippen MR) is 101 cm³/mol. The lowest BCUT2D eigenvalue weighted by Crippen LogP contribution is -2.12. The summed E-state index contributed by atoms with van der Waals surface area (Å²) >= 11 is 0. The minimum Gasteiger partial charge on any atom is -0.493 e. The number of alkyl halides is 3. The first-order valence-corrected chi connectivity index (χ1v) is 8.82. The van der Waals surface area contributed by atoms with Gasteiger partial charge in [-0.25, -0.2) is 0 Å². The predicted octanol–water partition coefficient (Wildman–Crippen LogP) is 4.34. The van der Waals surface area contributed by atoms with E-state index in [1.165, 1.54) is 26.4 Å². The molecule has 0 aliphatic heterocycles. The first-order valence-electron chi connectivity index (χ1n) is 8.82. The van der Waals surface area contributed by atoms with Crippen molar-refractivity contribution in [3.63, 3.8) is 0 Å². The minimum absolute atomic E-state index is 0.0244. The van der Waals surface area contributed by atoms with Crippen LogP contribution in [-0.4, -0.2) is 30.3 Å². The SMILES string of the molecule is COc1ccc(NC(=O)CCc2nc(-c3cccc(C(F)(F)F)c3)no2)cc1OC. The van der Waals surface area contributed by atoms with E-state index < -0.39 is 11.7 Å². The van der Waals surface area contributed by atoms with Crippen molar-refractivity contribution in [2.45, 2.75) is 19.0 Å². The molecule has 0 radical (unpaired) electrons. The molecule has 1 N–H and O–H groups in total. The van der Waals surface area contributed by atoms with Crippen LogP contribution in [0.1, 0.15) is 17.9 Å². The van der Waals surface area contributed by atoms with Crippen LogP contribution in [0.5, 0.6) is 11.5 Å². The summed E-state index contributed by atoms with van der Waals surface area (Å²) in [7, 11) is 3.00. The van der Waals surface area contributed by atoms with Gasteiger partial charge in [0.1, 0.15) is 0 Å². The van der Waals surface area contributed by atoms with Crippen molar-refractivity contribution in [1.29, 1.82) is 0 Å². The third-order valence-electron chi connectivity index (χ3n) is 4.15. The van der Waals surface area contributed by atoms with Crippen molar-refractivity contribution >= 4 is 11.6 Å². The van der Waals surface area contributed by atoms with Crippen molar-refractivity contribution in [2.75, 3.05) is 19.5 Å². The summed E-state index contributed by atoms with van der Waals surface area (Å²) in [5.74, 6) is 0.865. The highest BCUT2D eigenvalue weighted by atomic mass is 19.4. The molecule has 3 rings (SSSR count). The molecule has 7 nitrogen and oxygen atoms in total. The third kappa shape index (κ3) is 5.07. The number of nitrogens with one attached hydrogen (secondary N) is 1. The molecule has 0 spiro atoms. The van der Waals surface area contributed by atoms with Gasteiger partial charge in [0.25, 0.3) is 0 Å². The first kappa shape index (κ1) is 21.2. The van der Waals surface area contributed by atoms with E-state index in [4.69, 9.17) is 14.0 Å². The Kier molecular flexibility index (Phi) is 6.24. The molecule has 0 bridgehead atoms. The Labute approximate surface area is 169 Å². The van der Waals surface area contributed by atoms with E-state index in [-0.39, 0.29) is 36.0 Å². The standard InChI is InChI=1S/C20H18F3N3O4/c1-28-15-7-6-14(11-16(15)29-2)24-17(27)8-9-18-25-19(26-30-18)12-4-3-5-13(10-12)20(21,22)23/h3-7,10-11H,8-9H2,1-2H3,(H,24,27). The summed E-state index contributed by atoms with van der Waals surface area (Å²) in [6.07, 6.45) is -4.30. The molecular weight excluding hydrogens is 403 g/mol. The number of anilines is 1. The van der Waals surface area contributed by atoms with Gasteiger partial charge in [0.15, 0.2) is 11.5 Å². The molecule has 0 aliphatic rings. The summed E-state index contributed by atoms with van der Waals surface area (Å²) < 4.78 is 53.9. The molecule has 1 aromatic heterocycles. The van der Waals surface area contributed by atoms with Crippen LogP contribution in [-0.2, 0) is 17.4 Å². The molecule has 158 valence electrons. The van der Waals surface area contributed by atoms with Gasteiger partial charge in [-0.1, -0.05) is 17.3 Å². The Morgan fingerprint density at radius 3 is 2.57 bits per heavy atom. The Bertz CT molecular complexity index is 1030. The molecule has 0 unspecified atom stereocenters. The molecular formula is C20H18F3N3O4. The monoisotopic (exact) mass is 421 g/mol. The van der Waals surface area contributed by atoms with Crippen molar-refractivity contribution in [3.8, 4) is 22.9 Å². The van der Waals surface area contributed by atoms with Crippen LogP contribution in [0, 0.1) is 0 Å². The smallest absolute Gasteiger partial charge is 0.416 e. The highest BCUT2D eigenvalue weighted by Gasteiger charge is 2.30. The van der Waals surface area contributed by atoms with Gasteiger partial charge in [0, 0.05) is 30.2 Å². The van der Waals surface area contributed by atoms with E-state index in [1.807, 2.05) is 0 Å². The Morgan fingerprint density at radius 2 is 1.87 bits per heavy atom. The molecule has 0 fully saturated rings. The number of rotatable bonds is 7. The maximum absolute atomic E-state index is 12.8. The first-order chi connectivity index (χ1) is 14.3. The van der Waals surface area contributed by atoms with Gasteiger partial charge in [-0.15, -0.1) is 0 Å². The highest BCUT2D eigenvalue weighted by Crippen LogP contribution is 2.32. The van der Waals surface area contributed by atoms with Gasteiger partial charge in [0.2, 0.25) is 17.6 Å². The highest BCUT2D eigenvalue weighted by molar-refractivity contribution is 5.91. The van der Waals surface area contributed by atoms with Crippen molar-refractivity contribution in [3.05, 3.63) is 53.9 Å². The molecule has 0 saturated heterocycles. The van der Waals surface area contributed by atoms with Gasteiger partial charge in [-0.05, 0) is 24.3 Å². The van der Waals surface area contributed by atoms with Gasteiger partial charge in [0.05, 0.1) is 19.8 Å². The fourth-order valence-corrected chi connectivity index (χ4v) is 2.67. The van der Waals surface area contributed by atoms with Crippen LogP contribution in [0.4, 0.5) is 18.9 Å². The molecule has 0 saturated carbocycles. The van der Waals surface area contributed by atoms with Gasteiger partial charge < -0.3 is 19.3 Å². The normalized spacial score (nSPS) is 11.2. The lowest BCUT2D eigenvalue weighted by atomic mass is 10.1. The average molecular weight is 421 g/mol. The van der Waals surface area contributed by atoms with Crippen molar-refractivity contribution < 1.29 is 32.0 Å². The van der Waals surface area contributed by atoms with Crippen LogP contribution in [0.15, 0.2) is 47.0 Å². The molecule has 2 aromatic carbocycles. The van der Waals surface area contributed by atoms with Crippen molar-refractivity contribution in [1.82, 2.24) is 10.1 Å². The molecule has 1 amide bonds. The number of benzene rings is 2. The Balaban J connectivity index is 1.61. The number of nitrogens with zero attached hydrogens (tertiary/aromatic N) is 2. The maximum Gasteiger partial charge on any atom is 0.416 e. The van der Waals surface area contributed by atoms with Crippen LogP contribution in [0.25, 0.3) is 11.4 Å². The summed E-state index contributed by atoms with van der Waals surface area (Å²) in [5, 5.41) is 6.41. The van der Waals surface area contributed by atoms with E-state index >= 15 is 0 Å². The summed E-state index contributed by atoms with van der Waals surface area (Å²) in [5.41, 5.74) is -0.108. The Hall–Kier alpha value is -3.56. The Morgan fingerprint density at radius 1 is 1.10 bits per heavy atom. The number of hydrogen-bond donors (Lipinski definition) is 1. The molecule has 3 aromatic rings. The van der Waals surface area contributed by atoms with E-state index in [0.717, 1.165) is 12.1 Å². The third-order valence-corrected chi connectivity index (χ3v) is 4.15. The van der Waals surface area contributed by atoms with E-state index in [1.54, 1.807) is 18.2 Å². The number of aromatic nitrogens is 2. The summed E-state index contributed by atoms with van der Waals surface area (Å²) in [6, 6.07) is 9.57. The molecule has 0 aliphatic carbocycles. The average Bonchev–Trinajstić information content (AvgIpc) is 3.21. The fraction of sp³-hybridized carbons (Fsp3) is 0.250. The zero-order chi connectivity index (χ0) is 21.7. The number of amides is 1. The number of carbonyl (C=O) groups is 1. The van der Waals surface area contributed by atoms with E-state index in [0.29, 0.717) is 17.2 Å². The summed E-state index contributed by atoms with van der Waals surface area (Å²) in [4.78, 5) is 16.2. The summed E-state index contributed by atoms with van der Waals surface area (Å²) in [6.45, 7) is 0. The second-order valence-corrected chi connectivity index (χ2v) is 6.21. The van der Waals surface area contributed by atoms with Crippen LogP contribution in [0.3, 0.4) is 0 Å². The largest absolute Gasteiger partial charge is 0.493 e. The van der Waals surface area contributed by atoms with Gasteiger partial charge in [-0.3, -0.25) is 4.79 Å². The quantitative estimate of drug-likeness (QED) is 0.611. The van der Waals surface area contributed by atoms with E-state index in [9.17, 15) is 18.0 Å². The maximum atomic E-state index is 12.8. The number of methoxy groups -OCH3 is 2. The van der Waals surface area contributed by atoms with Crippen LogP contribution < -0.4 is 14.8 Å². The number of hydrogen-bond acceptors (Lipinski definition) is 6. The second-order valence-electron chi connectivity index (χ2n) is 6.21. The van der Waals surface area contributed by atoms with Crippen molar-refractivity contribution in [2.24, 2.45) is 0 Å². The molecule has 0 atom stereocenters. The molecule has 10 heteroatoms. The van der Waals surface area contributed by atoms with Crippen LogP contribution >= 0.6 is 0 Å². The topological polar surface area (TPSA) is 86.5 Å². The zero-order valence-corrected chi connectivity index (χ0v) is 16.1. The van der Waals surface area contributed by atoms with E-state index in [2.05, 4.69) is 15.5 Å². The number of ether oxygens (including phenoxy) is 2. The minimum atomic E-state index is -4.47. The lowest BCUT2D eigenvalue weighted by Gasteiger charge is -2.10. The van der Waals surface area contributed by atoms with Crippen LogP contribution in [0.2, 0.25) is 0 Å². The number of carbonyl (C=O) groups excluding carboxylic acids is 1. The molecule has 30 heavy (non-hydrogen) atoms. The lowest BCUT2D eigenvalue weighted by molar-refractivity contribution is -0.137. The molecule has 1 heterocycles. The van der Waals surface area contributed by atoms with Gasteiger partial charge >= 0.3 is 6.18 Å². The zero-order valence-electron chi connectivity index (χ0n) is 16.1.